The number of nitrogens with one attached hydrogen (secondary N) is 1. The van der Waals surface area contributed by atoms with Gasteiger partial charge in [-0.25, -0.2) is 0 Å². The normalized spacial score (nSPS) is 14.2. The molecule has 0 bridgehead atoms. The summed E-state index contributed by atoms with van der Waals surface area (Å²) in [5.74, 6) is -0.596. The quantitative estimate of drug-likeness (QED) is 0.0309. The van der Waals surface area contributed by atoms with Gasteiger partial charge in [0.15, 0.2) is 0 Å². The highest BCUT2D eigenvalue weighted by Gasteiger charge is 2.28. The molecule has 0 heterocycles. The van der Waals surface area contributed by atoms with Crippen molar-refractivity contribution in [1.82, 2.24) is 5.32 Å². The van der Waals surface area contributed by atoms with Crippen LogP contribution in [0.1, 0.15) is 284 Å². The van der Waals surface area contributed by atoms with E-state index in [1.807, 2.05) is 0 Å². The van der Waals surface area contributed by atoms with E-state index < -0.39 is 36.9 Å². The molecule has 376 valence electrons. The minimum Gasteiger partial charge on any atom is -0.394 e. The second-order valence-corrected chi connectivity index (χ2v) is 19.3. The van der Waals surface area contributed by atoms with E-state index in [9.17, 15) is 25.2 Å². The predicted molar refractivity (Wildman–Crippen MR) is 279 cm³/mol. The molecule has 5 N–H and O–H groups in total. The van der Waals surface area contributed by atoms with Gasteiger partial charge in [0, 0.05) is 0 Å². The monoisotopic (exact) mass is 900 g/mol. The molecule has 6 nitrogen and oxygen atoms in total. The van der Waals surface area contributed by atoms with Crippen LogP contribution in [0, 0.1) is 0 Å². The van der Waals surface area contributed by atoms with Gasteiger partial charge in [0.2, 0.25) is 5.91 Å². The zero-order chi connectivity index (χ0) is 46.7. The zero-order valence-corrected chi connectivity index (χ0v) is 42.5. The van der Waals surface area contributed by atoms with Gasteiger partial charge in [-0.2, -0.15) is 0 Å². The van der Waals surface area contributed by atoms with Gasteiger partial charge in [0.1, 0.15) is 12.2 Å². The Labute approximate surface area is 398 Å². The molecule has 6 heteroatoms. The van der Waals surface area contributed by atoms with Crippen LogP contribution in [0.2, 0.25) is 0 Å². The summed E-state index contributed by atoms with van der Waals surface area (Å²) in [6.45, 7) is 4.05. The molecule has 0 spiro atoms. The number of allylic oxidation sites excluding steroid dienone is 8. The number of carbonyl (C=O) groups is 1. The van der Waals surface area contributed by atoms with Crippen LogP contribution in [-0.4, -0.2) is 57.3 Å². The van der Waals surface area contributed by atoms with E-state index >= 15 is 0 Å². The second-order valence-electron chi connectivity index (χ2n) is 19.3. The molecule has 0 saturated heterocycles. The Bertz CT molecular complexity index is 1060. The minimum atomic E-state index is -1.29. The molecule has 0 aliphatic carbocycles. The van der Waals surface area contributed by atoms with Gasteiger partial charge in [0.05, 0.1) is 18.8 Å². The maximum Gasteiger partial charge on any atom is 0.249 e. The van der Waals surface area contributed by atoms with Crippen molar-refractivity contribution in [3.63, 3.8) is 0 Å². The van der Waals surface area contributed by atoms with E-state index in [-0.39, 0.29) is 0 Å². The Kier molecular flexibility index (Phi) is 50.8. The Morgan fingerprint density at radius 3 is 1.08 bits per heavy atom. The van der Waals surface area contributed by atoms with E-state index in [0.717, 1.165) is 44.9 Å². The van der Waals surface area contributed by atoms with Crippen LogP contribution in [0.25, 0.3) is 0 Å². The lowest BCUT2D eigenvalue weighted by molar-refractivity contribution is -0.132. The molecule has 0 aromatic heterocycles. The molecule has 4 unspecified atom stereocenters. The van der Waals surface area contributed by atoms with Gasteiger partial charge in [-0.15, -0.1) is 0 Å². The van der Waals surface area contributed by atoms with Gasteiger partial charge in [-0.3, -0.25) is 4.79 Å². The first kappa shape index (κ1) is 62.3. The van der Waals surface area contributed by atoms with Crippen LogP contribution in [0.4, 0.5) is 0 Å². The number of aliphatic hydroxyl groups excluding tert-OH is 4. The number of aliphatic hydroxyl groups is 4. The Balaban J connectivity index is 3.63. The Morgan fingerprint density at radius 1 is 0.391 bits per heavy atom. The highest BCUT2D eigenvalue weighted by atomic mass is 16.3. The summed E-state index contributed by atoms with van der Waals surface area (Å²) in [4.78, 5) is 12.6. The third kappa shape index (κ3) is 45.4. The summed E-state index contributed by atoms with van der Waals surface area (Å²) in [5, 5.41) is 43.9. The number of carbonyl (C=O) groups excluding carboxylic acids is 1. The third-order valence-corrected chi connectivity index (χ3v) is 13.0. The first-order valence-corrected chi connectivity index (χ1v) is 28.0. The summed E-state index contributed by atoms with van der Waals surface area (Å²) in [5.41, 5.74) is 0. The molecule has 0 aromatic rings. The van der Waals surface area contributed by atoms with E-state index in [0.29, 0.717) is 19.3 Å². The molecular formula is C58H109NO5. The first-order chi connectivity index (χ1) is 31.5. The van der Waals surface area contributed by atoms with Crippen molar-refractivity contribution in [3.05, 3.63) is 48.6 Å². The molecule has 0 saturated carbocycles. The second kappa shape index (κ2) is 52.2. The summed E-state index contributed by atoms with van der Waals surface area (Å²) in [6.07, 6.45) is 66.1. The van der Waals surface area contributed by atoms with Crippen LogP contribution in [-0.2, 0) is 4.79 Å². The zero-order valence-electron chi connectivity index (χ0n) is 42.5. The van der Waals surface area contributed by atoms with Crippen LogP contribution in [0.15, 0.2) is 48.6 Å². The third-order valence-electron chi connectivity index (χ3n) is 13.0. The number of unbranched alkanes of at least 4 members (excludes halogenated alkanes) is 34. The fourth-order valence-corrected chi connectivity index (χ4v) is 8.57. The largest absolute Gasteiger partial charge is 0.394 e. The average Bonchev–Trinajstić information content (AvgIpc) is 3.30. The van der Waals surface area contributed by atoms with Crippen molar-refractivity contribution in [3.8, 4) is 0 Å². The van der Waals surface area contributed by atoms with Crippen molar-refractivity contribution in [1.29, 1.82) is 0 Å². The first-order valence-electron chi connectivity index (χ1n) is 28.0. The SMILES string of the molecule is CCCCCCCCC/C=C/CC/C=C/CCCC(O)C(O)C(CO)NC(=O)C(O)CCCCCCCCCCCCCCCCCC/C=C\C/C=C\CCCCCCCCCCC. The molecule has 4 atom stereocenters. The van der Waals surface area contributed by atoms with Crippen molar-refractivity contribution < 1.29 is 25.2 Å². The lowest BCUT2D eigenvalue weighted by Gasteiger charge is -2.27. The van der Waals surface area contributed by atoms with Crippen LogP contribution >= 0.6 is 0 Å². The number of amides is 1. The van der Waals surface area contributed by atoms with Crippen molar-refractivity contribution in [2.45, 2.75) is 308 Å². The summed E-state index contributed by atoms with van der Waals surface area (Å²) in [6, 6.07) is -1.01. The highest BCUT2D eigenvalue weighted by Crippen LogP contribution is 2.17. The Morgan fingerprint density at radius 2 is 0.703 bits per heavy atom. The average molecular weight is 901 g/mol. The van der Waals surface area contributed by atoms with Crippen LogP contribution < -0.4 is 5.32 Å². The van der Waals surface area contributed by atoms with Gasteiger partial charge in [-0.05, 0) is 83.5 Å². The smallest absolute Gasteiger partial charge is 0.249 e. The van der Waals surface area contributed by atoms with E-state index in [1.54, 1.807) is 0 Å². The van der Waals surface area contributed by atoms with E-state index in [2.05, 4.69) is 67.8 Å². The molecule has 0 fully saturated rings. The fraction of sp³-hybridized carbons (Fsp3) is 0.845. The van der Waals surface area contributed by atoms with Crippen molar-refractivity contribution >= 4 is 5.91 Å². The summed E-state index contributed by atoms with van der Waals surface area (Å²) < 4.78 is 0. The lowest BCUT2D eigenvalue weighted by Crippen LogP contribution is -2.53. The van der Waals surface area contributed by atoms with Crippen molar-refractivity contribution in [2.75, 3.05) is 6.61 Å². The van der Waals surface area contributed by atoms with Crippen LogP contribution in [0.3, 0.4) is 0 Å². The molecule has 0 rings (SSSR count). The summed E-state index contributed by atoms with van der Waals surface area (Å²) in [7, 11) is 0. The molecule has 0 aliphatic heterocycles. The highest BCUT2D eigenvalue weighted by molar-refractivity contribution is 5.80. The molecule has 64 heavy (non-hydrogen) atoms. The molecule has 0 radical (unpaired) electrons. The maximum absolute atomic E-state index is 12.6. The molecule has 0 aromatic carbocycles. The molecular weight excluding hydrogens is 791 g/mol. The van der Waals surface area contributed by atoms with Gasteiger partial charge in [0.25, 0.3) is 0 Å². The van der Waals surface area contributed by atoms with Crippen molar-refractivity contribution in [2.24, 2.45) is 0 Å². The number of rotatable bonds is 51. The number of hydrogen-bond acceptors (Lipinski definition) is 5. The van der Waals surface area contributed by atoms with E-state index in [4.69, 9.17) is 0 Å². The van der Waals surface area contributed by atoms with Gasteiger partial charge >= 0.3 is 0 Å². The summed E-state index contributed by atoms with van der Waals surface area (Å²) >= 11 is 0. The standard InChI is InChI=1S/C58H109NO5/c1-3-5-7-9-11-13-15-17-19-21-22-23-24-25-26-27-28-29-30-31-32-33-34-35-36-38-40-42-44-46-48-50-52-56(62)58(64)59-54(53-60)57(63)55(61)51-49-47-45-43-41-39-37-20-18-16-14-12-10-8-6-4-2/h20,22-23,25-26,37,43,45,54-57,60-63H,3-19,21,24,27-36,38-42,44,46-53H2,1-2H3,(H,59,64)/b23-22-,26-25-,37-20+,45-43+. The Hall–Kier alpha value is -1.73. The minimum absolute atomic E-state index is 0.360. The predicted octanol–water partition coefficient (Wildman–Crippen LogP) is 16.2. The molecule has 0 aliphatic rings. The van der Waals surface area contributed by atoms with Crippen LogP contribution in [0.5, 0.6) is 0 Å². The maximum atomic E-state index is 12.6. The number of hydrogen-bond donors (Lipinski definition) is 5. The van der Waals surface area contributed by atoms with Gasteiger partial charge < -0.3 is 25.7 Å². The fourth-order valence-electron chi connectivity index (χ4n) is 8.57. The van der Waals surface area contributed by atoms with E-state index in [1.165, 1.54) is 205 Å². The topological polar surface area (TPSA) is 110 Å². The van der Waals surface area contributed by atoms with Gasteiger partial charge in [-0.1, -0.05) is 249 Å². The molecule has 1 amide bonds. The lowest BCUT2D eigenvalue weighted by atomic mass is 10.00.